The molecule has 1 unspecified atom stereocenters. The molecule has 0 aromatic carbocycles. The van der Waals surface area contributed by atoms with Crippen molar-refractivity contribution in [1.29, 1.82) is 0 Å². The largest absolute Gasteiger partial charge is 0.294 e. The fourth-order valence-corrected chi connectivity index (χ4v) is 2.33. The number of halogens is 1. The van der Waals surface area contributed by atoms with E-state index in [0.29, 0.717) is 14.9 Å². The van der Waals surface area contributed by atoms with E-state index < -0.39 is 0 Å². The topological polar surface area (TPSA) is 34.1 Å². The fourth-order valence-electron chi connectivity index (χ4n) is 0.563. The molecular weight excluding hydrogens is 259 g/mol. The quantitative estimate of drug-likeness (QED) is 0.580. The summed E-state index contributed by atoms with van der Waals surface area (Å²) in [6.07, 6.45) is 0. The SMILES string of the molecule is CC(=O)/C(Br)=C(/SCP)C(C)=O. The van der Waals surface area contributed by atoms with Gasteiger partial charge in [-0.15, -0.1) is 21.0 Å². The van der Waals surface area contributed by atoms with Crippen LogP contribution in [0, 0.1) is 0 Å². The third kappa shape index (κ3) is 3.83. The minimum Gasteiger partial charge on any atom is -0.294 e. The van der Waals surface area contributed by atoms with E-state index in [4.69, 9.17) is 0 Å². The van der Waals surface area contributed by atoms with Crippen LogP contribution in [0.4, 0.5) is 0 Å². The van der Waals surface area contributed by atoms with E-state index in [0.717, 1.165) is 0 Å². The molecule has 0 radical (unpaired) electrons. The normalized spacial score (nSPS) is 12.3. The molecule has 0 aliphatic carbocycles. The highest BCUT2D eigenvalue weighted by Crippen LogP contribution is 2.26. The highest BCUT2D eigenvalue weighted by Gasteiger charge is 2.12. The lowest BCUT2D eigenvalue weighted by Gasteiger charge is -2.02. The predicted molar refractivity (Wildman–Crippen MR) is 59.5 cm³/mol. The highest BCUT2D eigenvalue weighted by molar-refractivity contribution is 9.12. The van der Waals surface area contributed by atoms with Gasteiger partial charge in [0.15, 0.2) is 11.6 Å². The van der Waals surface area contributed by atoms with Gasteiger partial charge in [0.1, 0.15) is 0 Å². The van der Waals surface area contributed by atoms with Crippen molar-refractivity contribution in [3.05, 3.63) is 9.39 Å². The Hall–Kier alpha value is 0.340. The first-order valence-corrected chi connectivity index (χ1v) is 5.84. The Morgan fingerprint density at radius 1 is 1.33 bits per heavy atom. The Kier molecular flexibility index (Phi) is 6.06. The average Bonchev–Trinajstić information content (AvgIpc) is 1.98. The van der Waals surface area contributed by atoms with Crippen LogP contribution in [0.1, 0.15) is 13.8 Å². The van der Waals surface area contributed by atoms with Gasteiger partial charge in [0.2, 0.25) is 0 Å². The van der Waals surface area contributed by atoms with Crippen LogP contribution in [0.15, 0.2) is 9.39 Å². The molecule has 0 bridgehead atoms. The number of thioether (sulfide) groups is 1. The number of carbonyl (C=O) groups is 2. The zero-order valence-corrected chi connectivity index (χ0v) is 10.4. The summed E-state index contributed by atoms with van der Waals surface area (Å²) >= 11 is 4.44. The molecule has 1 atom stereocenters. The number of Topliss-reactive ketones (excluding diaryl/α,β-unsaturated/α-hetero) is 2. The molecule has 0 N–H and O–H groups in total. The first-order valence-electron chi connectivity index (χ1n) is 3.25. The molecule has 0 amide bonds. The second kappa shape index (κ2) is 5.90. The van der Waals surface area contributed by atoms with E-state index in [-0.39, 0.29) is 11.6 Å². The molecule has 0 heterocycles. The van der Waals surface area contributed by atoms with Gasteiger partial charge in [-0.3, -0.25) is 9.59 Å². The predicted octanol–water partition coefficient (Wildman–Crippen LogP) is 2.34. The lowest BCUT2D eigenvalue weighted by atomic mass is 10.3. The van der Waals surface area contributed by atoms with Crippen LogP contribution in [0.25, 0.3) is 0 Å². The van der Waals surface area contributed by atoms with Crippen molar-refractivity contribution in [2.24, 2.45) is 0 Å². The van der Waals surface area contributed by atoms with Crippen molar-refractivity contribution >= 4 is 48.5 Å². The summed E-state index contributed by atoms with van der Waals surface area (Å²) in [6, 6.07) is 0. The number of hydrogen-bond donors (Lipinski definition) is 0. The standard InChI is InChI=1S/C7H10BrO2PS/c1-4(9)6(8)7(5(2)10)12-3-11/h3,11H2,1-2H3/b7-6-. The lowest BCUT2D eigenvalue weighted by molar-refractivity contribution is -0.115. The average molecular weight is 269 g/mol. The van der Waals surface area contributed by atoms with Crippen LogP contribution in [-0.4, -0.2) is 17.1 Å². The van der Waals surface area contributed by atoms with Crippen LogP contribution >= 0.6 is 36.9 Å². The van der Waals surface area contributed by atoms with Crippen molar-refractivity contribution in [1.82, 2.24) is 0 Å². The maximum atomic E-state index is 11.0. The van der Waals surface area contributed by atoms with E-state index in [2.05, 4.69) is 25.2 Å². The van der Waals surface area contributed by atoms with Crippen LogP contribution in [0.5, 0.6) is 0 Å². The molecule has 2 nitrogen and oxygen atoms in total. The number of rotatable bonds is 4. The molecule has 0 spiro atoms. The van der Waals surface area contributed by atoms with Gasteiger partial charge in [-0.05, 0) is 29.8 Å². The van der Waals surface area contributed by atoms with Crippen LogP contribution in [0.2, 0.25) is 0 Å². The van der Waals surface area contributed by atoms with Crippen molar-refractivity contribution in [3.8, 4) is 0 Å². The molecular formula is C7H10BrO2PS. The molecule has 0 saturated heterocycles. The molecule has 0 aliphatic heterocycles. The first kappa shape index (κ1) is 12.3. The van der Waals surface area contributed by atoms with Gasteiger partial charge in [-0.1, -0.05) is 0 Å². The Morgan fingerprint density at radius 3 is 2.08 bits per heavy atom. The van der Waals surface area contributed by atoms with Gasteiger partial charge in [0, 0.05) is 5.49 Å². The molecule has 0 aromatic rings. The van der Waals surface area contributed by atoms with E-state index in [1.54, 1.807) is 0 Å². The van der Waals surface area contributed by atoms with Crippen LogP contribution in [-0.2, 0) is 9.59 Å². The minimum absolute atomic E-state index is 0.0791. The highest BCUT2D eigenvalue weighted by atomic mass is 79.9. The van der Waals surface area contributed by atoms with Gasteiger partial charge in [0.25, 0.3) is 0 Å². The Labute approximate surface area is 86.9 Å². The first-order chi connectivity index (χ1) is 5.50. The van der Waals surface area contributed by atoms with Gasteiger partial charge in [-0.25, -0.2) is 0 Å². The summed E-state index contributed by atoms with van der Waals surface area (Å²) in [5.41, 5.74) is 0.706. The van der Waals surface area contributed by atoms with Crippen molar-refractivity contribution in [2.75, 3.05) is 5.49 Å². The van der Waals surface area contributed by atoms with Gasteiger partial charge in [0.05, 0.1) is 9.39 Å². The monoisotopic (exact) mass is 268 g/mol. The summed E-state index contributed by atoms with van der Waals surface area (Å²) in [5.74, 6) is -0.198. The van der Waals surface area contributed by atoms with Crippen molar-refractivity contribution < 1.29 is 9.59 Å². The van der Waals surface area contributed by atoms with E-state index >= 15 is 0 Å². The summed E-state index contributed by atoms with van der Waals surface area (Å²) < 4.78 is 0.377. The van der Waals surface area contributed by atoms with Gasteiger partial charge >= 0.3 is 0 Å². The Morgan fingerprint density at radius 2 is 1.83 bits per heavy atom. The molecule has 0 aliphatic rings. The smallest absolute Gasteiger partial charge is 0.168 e. The zero-order chi connectivity index (χ0) is 9.72. The molecule has 0 aromatic heterocycles. The number of carbonyl (C=O) groups excluding carboxylic acids is 2. The third-order valence-electron chi connectivity index (χ3n) is 1.06. The summed E-state index contributed by atoms with van der Waals surface area (Å²) in [5, 5.41) is 0. The molecule has 0 rings (SSSR count). The summed E-state index contributed by atoms with van der Waals surface area (Å²) in [7, 11) is 2.49. The van der Waals surface area contributed by atoms with Crippen LogP contribution < -0.4 is 0 Å². The molecule has 0 saturated carbocycles. The summed E-state index contributed by atoms with van der Waals surface area (Å²) in [4.78, 5) is 22.4. The third-order valence-corrected chi connectivity index (χ3v) is 3.72. The Bertz CT molecular complexity index is 238. The van der Waals surface area contributed by atoms with Gasteiger partial charge in [-0.2, -0.15) is 0 Å². The zero-order valence-electron chi connectivity index (χ0n) is 6.89. The number of allylic oxidation sites excluding steroid dienone is 2. The number of hydrogen-bond acceptors (Lipinski definition) is 3. The second-order valence-electron chi connectivity index (χ2n) is 2.07. The molecule has 5 heteroatoms. The summed E-state index contributed by atoms with van der Waals surface area (Å²) in [6.45, 7) is 2.88. The molecule has 12 heavy (non-hydrogen) atoms. The van der Waals surface area contributed by atoms with Gasteiger partial charge < -0.3 is 0 Å². The van der Waals surface area contributed by atoms with Crippen molar-refractivity contribution in [3.63, 3.8) is 0 Å². The molecule has 68 valence electrons. The maximum Gasteiger partial charge on any atom is 0.168 e. The van der Waals surface area contributed by atoms with E-state index in [1.807, 2.05) is 0 Å². The number of ketones is 2. The van der Waals surface area contributed by atoms with Crippen LogP contribution in [0.3, 0.4) is 0 Å². The minimum atomic E-state index is -0.119. The fraction of sp³-hybridized carbons (Fsp3) is 0.429. The molecule has 0 fully saturated rings. The van der Waals surface area contributed by atoms with E-state index in [1.165, 1.54) is 25.6 Å². The maximum absolute atomic E-state index is 11.0. The Balaban J connectivity index is 4.80. The second-order valence-corrected chi connectivity index (χ2v) is 4.89. The van der Waals surface area contributed by atoms with Crippen molar-refractivity contribution in [2.45, 2.75) is 13.8 Å². The van der Waals surface area contributed by atoms with E-state index in [9.17, 15) is 9.59 Å². The lowest BCUT2D eigenvalue weighted by Crippen LogP contribution is -2.00.